The number of methoxy groups -OCH3 is 1. The Morgan fingerprint density at radius 3 is 2.39 bits per heavy atom. The summed E-state index contributed by atoms with van der Waals surface area (Å²) in [5.74, 6) is -0.612. The maximum absolute atomic E-state index is 13.3. The summed E-state index contributed by atoms with van der Waals surface area (Å²) in [6.45, 7) is 5.17. The average Bonchev–Trinajstić information content (AvgIpc) is 3.31. The topological polar surface area (TPSA) is 80.6 Å². The van der Waals surface area contributed by atoms with Crippen molar-refractivity contribution in [3.05, 3.63) is 59.9 Å². The fraction of sp³-hybridized carbons (Fsp3) is 0.458. The Bertz CT molecular complexity index is 901. The second kappa shape index (κ2) is 10.3. The molecule has 1 aliphatic heterocycles. The molecule has 2 atom stereocenters. The van der Waals surface area contributed by atoms with Gasteiger partial charge in [-0.1, -0.05) is 38.5 Å². The number of carbonyl (C=O) groups excluding carboxylic acids is 3. The molecule has 0 aliphatic carbocycles. The van der Waals surface area contributed by atoms with Gasteiger partial charge in [-0.2, -0.15) is 0 Å². The van der Waals surface area contributed by atoms with Gasteiger partial charge in [0, 0.05) is 30.9 Å². The second-order valence-corrected chi connectivity index (χ2v) is 8.05. The first kappa shape index (κ1) is 22.6. The van der Waals surface area contributed by atoms with Crippen LogP contribution in [0.3, 0.4) is 0 Å². The van der Waals surface area contributed by atoms with Gasteiger partial charge in [-0.15, -0.1) is 0 Å². The number of nitrogens with zero attached hydrogens (tertiary/aromatic N) is 2. The molecule has 2 aromatic rings. The molecule has 166 valence electrons. The summed E-state index contributed by atoms with van der Waals surface area (Å²) in [5.41, 5.74) is 1.07. The van der Waals surface area contributed by atoms with E-state index in [1.165, 1.54) is 7.11 Å². The Morgan fingerprint density at radius 2 is 1.77 bits per heavy atom. The van der Waals surface area contributed by atoms with Gasteiger partial charge in [-0.05, 0) is 43.0 Å². The zero-order chi connectivity index (χ0) is 22.4. The third kappa shape index (κ3) is 5.16. The predicted octanol–water partition coefficient (Wildman–Crippen LogP) is 3.28. The average molecular weight is 426 g/mol. The molecule has 31 heavy (non-hydrogen) atoms. The standard InChI is InChI=1S/C24H31N3O4/c1-4-17(2)21(25-22(28)18-9-6-5-7-10-18)23(29)26-15-12-19(13-16-26)27-14-8-11-20(27)24(30)31-3/h5-11,14,17,19,21H,4,12-13,15-16H2,1-3H3,(H,25,28). The van der Waals surface area contributed by atoms with E-state index in [1.807, 2.05) is 53.8 Å². The smallest absolute Gasteiger partial charge is 0.354 e. The first-order valence-corrected chi connectivity index (χ1v) is 10.9. The molecule has 2 heterocycles. The van der Waals surface area contributed by atoms with Crippen LogP contribution in [-0.2, 0) is 9.53 Å². The van der Waals surface area contributed by atoms with Crippen molar-refractivity contribution in [1.29, 1.82) is 0 Å². The first-order valence-electron chi connectivity index (χ1n) is 10.9. The molecule has 1 saturated heterocycles. The van der Waals surface area contributed by atoms with Crippen molar-refractivity contribution in [2.24, 2.45) is 5.92 Å². The SMILES string of the molecule is CCC(C)C(NC(=O)c1ccccc1)C(=O)N1CCC(n2cccc2C(=O)OC)CC1. The lowest BCUT2D eigenvalue weighted by Gasteiger charge is -2.36. The molecule has 2 unspecified atom stereocenters. The summed E-state index contributed by atoms with van der Waals surface area (Å²) in [4.78, 5) is 39.8. The Kier molecular flexibility index (Phi) is 7.50. The molecule has 1 aromatic heterocycles. The van der Waals surface area contributed by atoms with Crippen LogP contribution in [0.2, 0.25) is 0 Å². The van der Waals surface area contributed by atoms with Gasteiger partial charge in [0.05, 0.1) is 7.11 Å². The van der Waals surface area contributed by atoms with E-state index in [-0.39, 0.29) is 29.7 Å². The Morgan fingerprint density at radius 1 is 1.10 bits per heavy atom. The highest BCUT2D eigenvalue weighted by Crippen LogP contribution is 2.26. The molecule has 2 amide bonds. The van der Waals surface area contributed by atoms with E-state index < -0.39 is 6.04 Å². The van der Waals surface area contributed by atoms with Crippen LogP contribution >= 0.6 is 0 Å². The molecule has 0 spiro atoms. The second-order valence-electron chi connectivity index (χ2n) is 8.05. The van der Waals surface area contributed by atoms with Crippen LogP contribution in [0.15, 0.2) is 48.7 Å². The minimum atomic E-state index is -0.563. The third-order valence-electron chi connectivity index (χ3n) is 6.14. The van der Waals surface area contributed by atoms with Crippen molar-refractivity contribution >= 4 is 17.8 Å². The molecule has 1 aromatic carbocycles. The first-order chi connectivity index (χ1) is 15.0. The summed E-state index contributed by atoms with van der Waals surface area (Å²) in [6, 6.07) is 12.1. The van der Waals surface area contributed by atoms with Crippen LogP contribution in [0.1, 0.15) is 60.0 Å². The molecule has 3 rings (SSSR count). The minimum absolute atomic E-state index is 0.0215. The number of carbonyl (C=O) groups is 3. The maximum Gasteiger partial charge on any atom is 0.354 e. The van der Waals surface area contributed by atoms with Crippen LogP contribution in [0.5, 0.6) is 0 Å². The summed E-state index contributed by atoms with van der Waals surface area (Å²) in [6.07, 6.45) is 4.15. The quantitative estimate of drug-likeness (QED) is 0.691. The van der Waals surface area contributed by atoms with E-state index in [1.54, 1.807) is 18.2 Å². The summed E-state index contributed by atoms with van der Waals surface area (Å²) in [7, 11) is 1.37. The third-order valence-corrected chi connectivity index (χ3v) is 6.14. The number of nitrogens with one attached hydrogen (secondary N) is 1. The van der Waals surface area contributed by atoms with Gasteiger partial charge in [-0.3, -0.25) is 9.59 Å². The molecule has 1 N–H and O–H groups in total. The van der Waals surface area contributed by atoms with Gasteiger partial charge in [-0.25, -0.2) is 4.79 Å². The van der Waals surface area contributed by atoms with Crippen molar-refractivity contribution in [3.8, 4) is 0 Å². The maximum atomic E-state index is 13.3. The highest BCUT2D eigenvalue weighted by atomic mass is 16.5. The molecular formula is C24H31N3O4. The number of ether oxygens (including phenoxy) is 1. The van der Waals surface area contributed by atoms with Crippen molar-refractivity contribution in [2.45, 2.75) is 45.2 Å². The van der Waals surface area contributed by atoms with E-state index in [0.29, 0.717) is 24.3 Å². The molecule has 7 nitrogen and oxygen atoms in total. The number of piperidine rings is 1. The van der Waals surface area contributed by atoms with Crippen molar-refractivity contribution in [1.82, 2.24) is 14.8 Å². The van der Waals surface area contributed by atoms with Gasteiger partial charge in [0.1, 0.15) is 11.7 Å². The zero-order valence-electron chi connectivity index (χ0n) is 18.4. The van der Waals surface area contributed by atoms with E-state index in [9.17, 15) is 14.4 Å². The summed E-state index contributed by atoms with van der Waals surface area (Å²) in [5, 5.41) is 2.95. The number of hydrogen-bond donors (Lipinski definition) is 1. The van der Waals surface area contributed by atoms with Crippen molar-refractivity contribution < 1.29 is 19.1 Å². The molecule has 0 radical (unpaired) electrons. The number of aromatic nitrogens is 1. The molecular weight excluding hydrogens is 394 g/mol. The van der Waals surface area contributed by atoms with Gasteiger partial charge in [0.2, 0.25) is 5.91 Å². The lowest BCUT2D eigenvalue weighted by atomic mass is 9.95. The number of benzene rings is 1. The van der Waals surface area contributed by atoms with Crippen LogP contribution in [0, 0.1) is 5.92 Å². The molecule has 1 aliphatic rings. The van der Waals surface area contributed by atoms with E-state index >= 15 is 0 Å². The summed E-state index contributed by atoms with van der Waals surface area (Å²) >= 11 is 0. The van der Waals surface area contributed by atoms with Crippen molar-refractivity contribution in [2.75, 3.05) is 20.2 Å². The Labute approximate surface area is 183 Å². The number of esters is 1. The van der Waals surface area contributed by atoms with E-state index in [4.69, 9.17) is 4.74 Å². The van der Waals surface area contributed by atoms with Gasteiger partial charge < -0.3 is 19.5 Å². The highest BCUT2D eigenvalue weighted by Gasteiger charge is 2.33. The number of rotatable bonds is 7. The minimum Gasteiger partial charge on any atom is -0.464 e. The predicted molar refractivity (Wildman–Crippen MR) is 118 cm³/mol. The summed E-state index contributed by atoms with van der Waals surface area (Å²) < 4.78 is 6.81. The molecule has 0 saturated carbocycles. The highest BCUT2D eigenvalue weighted by molar-refractivity contribution is 5.97. The number of hydrogen-bond acceptors (Lipinski definition) is 4. The molecule has 0 bridgehead atoms. The van der Waals surface area contributed by atoms with Gasteiger partial charge in [0.15, 0.2) is 0 Å². The molecule has 7 heteroatoms. The Hall–Kier alpha value is -3.09. The lowest BCUT2D eigenvalue weighted by molar-refractivity contribution is -0.135. The normalized spacial score (nSPS) is 16.4. The number of amides is 2. The number of likely N-dealkylation sites (tertiary alicyclic amines) is 1. The van der Waals surface area contributed by atoms with Crippen LogP contribution in [-0.4, -0.2) is 53.5 Å². The van der Waals surface area contributed by atoms with Gasteiger partial charge >= 0.3 is 5.97 Å². The fourth-order valence-electron chi connectivity index (χ4n) is 4.05. The fourth-order valence-corrected chi connectivity index (χ4v) is 4.05. The largest absolute Gasteiger partial charge is 0.464 e. The van der Waals surface area contributed by atoms with Gasteiger partial charge in [0.25, 0.3) is 5.91 Å². The van der Waals surface area contributed by atoms with Crippen LogP contribution in [0.25, 0.3) is 0 Å². The molecule has 1 fully saturated rings. The Balaban J connectivity index is 1.66. The van der Waals surface area contributed by atoms with E-state index in [0.717, 1.165) is 19.3 Å². The zero-order valence-corrected chi connectivity index (χ0v) is 18.4. The van der Waals surface area contributed by atoms with E-state index in [2.05, 4.69) is 5.32 Å². The monoisotopic (exact) mass is 425 g/mol. The lowest BCUT2D eigenvalue weighted by Crippen LogP contribution is -2.53. The van der Waals surface area contributed by atoms with Crippen LogP contribution < -0.4 is 5.32 Å². The van der Waals surface area contributed by atoms with Crippen molar-refractivity contribution in [3.63, 3.8) is 0 Å². The van der Waals surface area contributed by atoms with Crippen LogP contribution in [0.4, 0.5) is 0 Å².